The van der Waals surface area contributed by atoms with E-state index >= 15 is 0 Å². The summed E-state index contributed by atoms with van der Waals surface area (Å²) in [6.45, 7) is 2.43. The zero-order chi connectivity index (χ0) is 7.84. The van der Waals surface area contributed by atoms with Gasteiger partial charge in [-0.25, -0.2) is 0 Å². The minimum atomic E-state index is 0.284. The normalized spacial score (nSPS) is 25.4. The van der Waals surface area contributed by atoms with Gasteiger partial charge in [-0.05, 0) is 7.05 Å². The molecular weight excluding hydrogens is 140 g/mol. The minimum absolute atomic E-state index is 0.284. The minimum Gasteiger partial charge on any atom is -0.380 e. The summed E-state index contributed by atoms with van der Waals surface area (Å²) in [5.41, 5.74) is 2.20. The molecule has 2 heterocycles. The van der Waals surface area contributed by atoms with Crippen LogP contribution in [0.15, 0.2) is 11.3 Å². The van der Waals surface area contributed by atoms with Crippen molar-refractivity contribution in [2.45, 2.75) is 6.42 Å². The highest BCUT2D eigenvalue weighted by atomic mass is 16.1. The molecule has 60 valence electrons. The van der Waals surface area contributed by atoms with Crippen molar-refractivity contribution in [1.82, 2.24) is 10.2 Å². The summed E-state index contributed by atoms with van der Waals surface area (Å²) in [5, 5.41) is 3.13. The molecule has 0 fully saturated rings. The van der Waals surface area contributed by atoms with E-state index in [0.717, 1.165) is 25.1 Å². The van der Waals surface area contributed by atoms with Crippen molar-refractivity contribution in [3.63, 3.8) is 0 Å². The summed E-state index contributed by atoms with van der Waals surface area (Å²) in [7, 11) is 2.05. The number of likely N-dealkylation sites (N-methyl/N-ethyl adjacent to an activating group) is 1. The van der Waals surface area contributed by atoms with E-state index in [2.05, 4.69) is 17.3 Å². The molecule has 0 aromatic rings. The van der Waals surface area contributed by atoms with Crippen molar-refractivity contribution in [1.29, 1.82) is 0 Å². The Morgan fingerprint density at radius 3 is 3.18 bits per heavy atom. The lowest BCUT2D eigenvalue weighted by atomic mass is 10.1. The third kappa shape index (κ3) is 1.05. The summed E-state index contributed by atoms with van der Waals surface area (Å²) in [6, 6.07) is 0. The lowest BCUT2D eigenvalue weighted by Crippen LogP contribution is -2.29. The van der Waals surface area contributed by atoms with E-state index in [1.807, 2.05) is 0 Å². The Morgan fingerprint density at radius 1 is 1.55 bits per heavy atom. The van der Waals surface area contributed by atoms with Crippen molar-refractivity contribution in [2.75, 3.05) is 26.7 Å². The van der Waals surface area contributed by atoms with Gasteiger partial charge in [-0.2, -0.15) is 0 Å². The van der Waals surface area contributed by atoms with E-state index in [9.17, 15) is 4.79 Å². The van der Waals surface area contributed by atoms with Gasteiger partial charge in [0.1, 0.15) is 0 Å². The van der Waals surface area contributed by atoms with Crippen molar-refractivity contribution in [3.05, 3.63) is 11.3 Å². The molecule has 2 aliphatic heterocycles. The zero-order valence-corrected chi connectivity index (χ0v) is 6.68. The largest absolute Gasteiger partial charge is 0.380 e. The fourth-order valence-electron chi connectivity index (χ4n) is 1.64. The van der Waals surface area contributed by atoms with E-state index < -0.39 is 0 Å². The van der Waals surface area contributed by atoms with Crippen molar-refractivity contribution >= 4 is 5.78 Å². The first kappa shape index (κ1) is 6.85. The number of hydrogen-bond donors (Lipinski definition) is 1. The van der Waals surface area contributed by atoms with Crippen LogP contribution >= 0.6 is 0 Å². The maximum Gasteiger partial charge on any atom is 0.180 e. The summed E-state index contributed by atoms with van der Waals surface area (Å²) in [4.78, 5) is 13.4. The number of Topliss-reactive ketones (excluding diaryl/α,β-unsaturated/α-hetero) is 1. The molecular formula is C8H12N2O. The van der Waals surface area contributed by atoms with Crippen LogP contribution in [0.2, 0.25) is 0 Å². The number of hydrogen-bond acceptors (Lipinski definition) is 3. The molecule has 1 N–H and O–H groups in total. The number of rotatable bonds is 0. The van der Waals surface area contributed by atoms with Gasteiger partial charge in [-0.15, -0.1) is 0 Å². The molecule has 0 spiro atoms. The molecule has 11 heavy (non-hydrogen) atoms. The highest BCUT2D eigenvalue weighted by molar-refractivity contribution is 6.00. The van der Waals surface area contributed by atoms with Crippen LogP contribution in [0.25, 0.3) is 0 Å². The standard InChI is InChI=1S/C8H12N2O/c1-10-3-2-7-6(5-10)8(11)4-9-7/h9H,2-5H2,1H3. The predicted molar refractivity (Wildman–Crippen MR) is 42.1 cm³/mol. The second kappa shape index (κ2) is 2.34. The lowest BCUT2D eigenvalue weighted by Gasteiger charge is -2.22. The van der Waals surface area contributed by atoms with Crippen LogP contribution in [0.1, 0.15) is 6.42 Å². The van der Waals surface area contributed by atoms with Crippen LogP contribution in [0.5, 0.6) is 0 Å². The van der Waals surface area contributed by atoms with Crippen LogP contribution in [0.3, 0.4) is 0 Å². The number of carbonyl (C=O) groups is 1. The Hall–Kier alpha value is -0.830. The van der Waals surface area contributed by atoms with E-state index in [0.29, 0.717) is 6.54 Å². The monoisotopic (exact) mass is 152 g/mol. The summed E-state index contributed by atoms with van der Waals surface area (Å²) in [5.74, 6) is 0.284. The van der Waals surface area contributed by atoms with Gasteiger partial charge < -0.3 is 10.2 Å². The first-order valence-corrected chi connectivity index (χ1v) is 3.95. The Morgan fingerprint density at radius 2 is 2.36 bits per heavy atom. The SMILES string of the molecule is CN1CCC2=C(C1)C(=O)CN2. The molecule has 0 aliphatic carbocycles. The fraction of sp³-hybridized carbons (Fsp3) is 0.625. The molecule has 2 rings (SSSR count). The van der Waals surface area contributed by atoms with Gasteiger partial charge in [0, 0.05) is 30.8 Å². The number of nitrogens with zero attached hydrogens (tertiary/aromatic N) is 1. The Balaban J connectivity index is 2.24. The van der Waals surface area contributed by atoms with E-state index in [-0.39, 0.29) is 5.78 Å². The summed E-state index contributed by atoms with van der Waals surface area (Å²) >= 11 is 0. The summed E-state index contributed by atoms with van der Waals surface area (Å²) in [6.07, 6.45) is 1.01. The third-order valence-electron chi connectivity index (χ3n) is 2.33. The molecule has 2 aliphatic rings. The maximum atomic E-state index is 11.2. The van der Waals surface area contributed by atoms with E-state index in [1.165, 1.54) is 5.70 Å². The topological polar surface area (TPSA) is 32.3 Å². The van der Waals surface area contributed by atoms with Gasteiger partial charge in [0.05, 0.1) is 6.54 Å². The number of nitrogens with one attached hydrogen (secondary N) is 1. The molecule has 0 amide bonds. The molecule has 0 aromatic carbocycles. The molecule has 0 aromatic heterocycles. The first-order chi connectivity index (χ1) is 5.27. The third-order valence-corrected chi connectivity index (χ3v) is 2.33. The highest BCUT2D eigenvalue weighted by Gasteiger charge is 2.26. The predicted octanol–water partition coefficient (Wildman–Crippen LogP) is -0.252. The van der Waals surface area contributed by atoms with Crippen LogP contribution in [-0.4, -0.2) is 37.4 Å². The molecule has 3 nitrogen and oxygen atoms in total. The smallest absolute Gasteiger partial charge is 0.180 e. The Bertz CT molecular complexity index is 232. The molecule has 0 saturated heterocycles. The van der Waals surface area contributed by atoms with Gasteiger partial charge in [-0.1, -0.05) is 0 Å². The molecule has 0 unspecified atom stereocenters. The molecule has 3 heteroatoms. The Kier molecular flexibility index (Phi) is 1.46. The van der Waals surface area contributed by atoms with Crippen molar-refractivity contribution in [3.8, 4) is 0 Å². The average Bonchev–Trinajstić information content (AvgIpc) is 2.33. The highest BCUT2D eigenvalue weighted by Crippen LogP contribution is 2.19. The zero-order valence-electron chi connectivity index (χ0n) is 6.68. The second-order valence-corrected chi connectivity index (χ2v) is 3.22. The second-order valence-electron chi connectivity index (χ2n) is 3.22. The maximum absolute atomic E-state index is 11.2. The fourth-order valence-corrected chi connectivity index (χ4v) is 1.64. The molecule has 0 saturated carbocycles. The van der Waals surface area contributed by atoms with E-state index in [1.54, 1.807) is 0 Å². The van der Waals surface area contributed by atoms with Gasteiger partial charge in [0.15, 0.2) is 5.78 Å². The summed E-state index contributed by atoms with van der Waals surface area (Å²) < 4.78 is 0. The molecule has 0 atom stereocenters. The van der Waals surface area contributed by atoms with Gasteiger partial charge >= 0.3 is 0 Å². The molecule has 0 radical (unpaired) electrons. The van der Waals surface area contributed by atoms with Gasteiger partial charge in [-0.3, -0.25) is 4.79 Å². The van der Waals surface area contributed by atoms with Crippen LogP contribution in [0, 0.1) is 0 Å². The quantitative estimate of drug-likeness (QED) is 0.519. The van der Waals surface area contributed by atoms with Crippen molar-refractivity contribution < 1.29 is 4.79 Å². The molecule has 0 bridgehead atoms. The van der Waals surface area contributed by atoms with Crippen molar-refractivity contribution in [2.24, 2.45) is 0 Å². The van der Waals surface area contributed by atoms with Crippen LogP contribution in [-0.2, 0) is 4.79 Å². The van der Waals surface area contributed by atoms with Gasteiger partial charge in [0.2, 0.25) is 0 Å². The number of ketones is 1. The van der Waals surface area contributed by atoms with Crippen LogP contribution < -0.4 is 5.32 Å². The lowest BCUT2D eigenvalue weighted by molar-refractivity contribution is -0.114. The van der Waals surface area contributed by atoms with E-state index in [4.69, 9.17) is 0 Å². The number of carbonyl (C=O) groups excluding carboxylic acids is 1. The van der Waals surface area contributed by atoms with Crippen LogP contribution in [0.4, 0.5) is 0 Å². The Labute approximate surface area is 66.1 Å². The van der Waals surface area contributed by atoms with Gasteiger partial charge in [0.25, 0.3) is 0 Å². The average molecular weight is 152 g/mol. The first-order valence-electron chi connectivity index (χ1n) is 3.95.